The van der Waals surface area contributed by atoms with Crippen LogP contribution in [0.1, 0.15) is 18.3 Å². The standard InChI is InChI=1S/C15H16Cl2N4O3/c1-8-18-14(17)13(20-9(2)22)15(19-8)21-24-7-10-4-11(16)6-12(5-10)23-3/h4-6H,7H2,1-3H3,(H,20,22)(H,18,19,21). The molecular weight excluding hydrogens is 355 g/mol. The second-order valence-corrected chi connectivity index (χ2v) is 5.65. The zero-order chi connectivity index (χ0) is 17.7. The highest BCUT2D eigenvalue weighted by Gasteiger charge is 2.13. The number of amides is 1. The van der Waals surface area contributed by atoms with Crippen molar-refractivity contribution in [1.29, 1.82) is 0 Å². The molecule has 1 amide bonds. The maximum atomic E-state index is 11.3. The summed E-state index contributed by atoms with van der Waals surface area (Å²) in [6.45, 7) is 3.23. The molecule has 0 radical (unpaired) electrons. The van der Waals surface area contributed by atoms with Crippen molar-refractivity contribution < 1.29 is 14.4 Å². The smallest absolute Gasteiger partial charge is 0.221 e. The highest BCUT2D eigenvalue weighted by atomic mass is 35.5. The fraction of sp³-hybridized carbons (Fsp3) is 0.267. The van der Waals surface area contributed by atoms with Gasteiger partial charge in [-0.15, -0.1) is 0 Å². The quantitative estimate of drug-likeness (QED) is 0.596. The van der Waals surface area contributed by atoms with Crippen molar-refractivity contribution in [2.24, 2.45) is 0 Å². The number of benzene rings is 1. The zero-order valence-electron chi connectivity index (χ0n) is 13.3. The monoisotopic (exact) mass is 370 g/mol. The molecule has 2 aromatic rings. The molecule has 0 spiro atoms. The predicted octanol–water partition coefficient (Wildman–Crippen LogP) is 3.60. The lowest BCUT2D eigenvalue weighted by Gasteiger charge is -2.13. The van der Waals surface area contributed by atoms with Crippen LogP contribution < -0.4 is 15.5 Å². The Hall–Kier alpha value is -2.09. The molecule has 0 saturated heterocycles. The van der Waals surface area contributed by atoms with Gasteiger partial charge in [0.25, 0.3) is 0 Å². The highest BCUT2D eigenvalue weighted by molar-refractivity contribution is 6.33. The third-order valence-corrected chi connectivity index (χ3v) is 3.34. The summed E-state index contributed by atoms with van der Waals surface area (Å²) in [5.74, 6) is 1.02. The lowest BCUT2D eigenvalue weighted by Crippen LogP contribution is -2.13. The van der Waals surface area contributed by atoms with E-state index in [1.807, 2.05) is 0 Å². The number of rotatable bonds is 6. The van der Waals surface area contributed by atoms with Crippen LogP contribution in [0.3, 0.4) is 0 Å². The second kappa shape index (κ2) is 8.14. The molecule has 0 atom stereocenters. The number of aryl methyl sites for hydroxylation is 1. The molecule has 2 N–H and O–H groups in total. The molecule has 0 unspecified atom stereocenters. The van der Waals surface area contributed by atoms with Crippen molar-refractivity contribution in [3.8, 4) is 5.75 Å². The number of anilines is 2. The summed E-state index contributed by atoms with van der Waals surface area (Å²) < 4.78 is 5.15. The number of carbonyl (C=O) groups is 1. The average molecular weight is 371 g/mol. The molecule has 0 fully saturated rings. The molecule has 2 rings (SSSR count). The van der Waals surface area contributed by atoms with E-state index >= 15 is 0 Å². The summed E-state index contributed by atoms with van der Waals surface area (Å²) in [5.41, 5.74) is 3.72. The number of nitrogens with zero attached hydrogens (tertiary/aromatic N) is 2. The first-order valence-electron chi connectivity index (χ1n) is 6.92. The lowest BCUT2D eigenvalue weighted by molar-refractivity contribution is -0.114. The molecule has 128 valence electrons. The third kappa shape index (κ3) is 4.95. The van der Waals surface area contributed by atoms with Gasteiger partial charge in [-0.05, 0) is 30.7 Å². The third-order valence-electron chi connectivity index (χ3n) is 2.85. The van der Waals surface area contributed by atoms with E-state index in [1.54, 1.807) is 32.2 Å². The summed E-state index contributed by atoms with van der Waals surface area (Å²) >= 11 is 12.0. The normalized spacial score (nSPS) is 10.4. The van der Waals surface area contributed by atoms with Crippen molar-refractivity contribution >= 4 is 40.6 Å². The van der Waals surface area contributed by atoms with E-state index in [2.05, 4.69) is 20.8 Å². The van der Waals surface area contributed by atoms with Crippen LogP contribution in [0.25, 0.3) is 0 Å². The van der Waals surface area contributed by atoms with Gasteiger partial charge in [0, 0.05) is 11.9 Å². The summed E-state index contributed by atoms with van der Waals surface area (Å²) in [5, 5.41) is 3.22. The van der Waals surface area contributed by atoms with E-state index in [0.29, 0.717) is 16.6 Å². The van der Waals surface area contributed by atoms with Gasteiger partial charge in [0.1, 0.15) is 17.3 Å². The minimum absolute atomic E-state index is 0.119. The van der Waals surface area contributed by atoms with Crippen molar-refractivity contribution in [3.05, 3.63) is 39.8 Å². The number of halogens is 2. The zero-order valence-corrected chi connectivity index (χ0v) is 14.8. The first-order chi connectivity index (χ1) is 11.4. The van der Waals surface area contributed by atoms with Gasteiger partial charge in [-0.25, -0.2) is 15.4 Å². The van der Waals surface area contributed by atoms with Crippen molar-refractivity contribution in [3.63, 3.8) is 0 Å². The Kier molecular flexibility index (Phi) is 6.19. The molecule has 7 nitrogen and oxygen atoms in total. The van der Waals surface area contributed by atoms with Crippen LogP contribution in [0.5, 0.6) is 5.75 Å². The topological polar surface area (TPSA) is 85.4 Å². The number of carbonyl (C=O) groups excluding carboxylic acids is 1. The van der Waals surface area contributed by atoms with E-state index in [0.717, 1.165) is 5.56 Å². The Bertz CT molecular complexity index is 756. The first-order valence-corrected chi connectivity index (χ1v) is 7.67. The second-order valence-electron chi connectivity index (χ2n) is 4.86. The van der Waals surface area contributed by atoms with Gasteiger partial charge in [-0.1, -0.05) is 23.2 Å². The van der Waals surface area contributed by atoms with Gasteiger partial charge < -0.3 is 10.1 Å². The molecule has 0 aliphatic rings. The highest BCUT2D eigenvalue weighted by Crippen LogP contribution is 2.27. The number of methoxy groups -OCH3 is 1. The van der Waals surface area contributed by atoms with Crippen molar-refractivity contribution in [2.45, 2.75) is 20.5 Å². The van der Waals surface area contributed by atoms with Crippen molar-refractivity contribution in [2.75, 3.05) is 17.9 Å². The van der Waals surface area contributed by atoms with Crippen molar-refractivity contribution in [1.82, 2.24) is 9.97 Å². The van der Waals surface area contributed by atoms with Gasteiger partial charge in [0.2, 0.25) is 5.91 Å². The predicted molar refractivity (Wildman–Crippen MR) is 92.5 cm³/mol. The Balaban J connectivity index is 2.11. The molecular formula is C15H16Cl2N4O3. The molecule has 9 heteroatoms. The summed E-state index contributed by atoms with van der Waals surface area (Å²) in [7, 11) is 1.56. The lowest BCUT2D eigenvalue weighted by atomic mass is 10.2. The van der Waals surface area contributed by atoms with Crippen LogP contribution in [-0.2, 0) is 16.2 Å². The molecule has 24 heavy (non-hydrogen) atoms. The molecule has 0 aliphatic heterocycles. The minimum Gasteiger partial charge on any atom is -0.497 e. The maximum absolute atomic E-state index is 11.3. The Morgan fingerprint density at radius 3 is 2.67 bits per heavy atom. The number of hydrogen-bond acceptors (Lipinski definition) is 6. The molecule has 1 heterocycles. The van der Waals surface area contributed by atoms with Gasteiger partial charge >= 0.3 is 0 Å². The Morgan fingerprint density at radius 2 is 2.00 bits per heavy atom. The fourth-order valence-electron chi connectivity index (χ4n) is 1.91. The molecule has 0 bridgehead atoms. The van der Waals surface area contributed by atoms with E-state index in [-0.39, 0.29) is 29.2 Å². The molecule has 1 aromatic heterocycles. The van der Waals surface area contributed by atoms with E-state index in [1.165, 1.54) is 6.92 Å². The van der Waals surface area contributed by atoms with Crippen LogP contribution in [0.15, 0.2) is 18.2 Å². The van der Waals surface area contributed by atoms with Crippen LogP contribution in [-0.4, -0.2) is 23.0 Å². The molecule has 0 saturated carbocycles. The SMILES string of the molecule is COc1cc(Cl)cc(CONc2nc(C)nc(Cl)c2NC(C)=O)c1. The number of nitrogens with one attached hydrogen (secondary N) is 2. The van der Waals surface area contributed by atoms with Crippen LogP contribution in [0.2, 0.25) is 10.2 Å². The van der Waals surface area contributed by atoms with Gasteiger partial charge in [0.05, 0.1) is 13.7 Å². The number of ether oxygens (including phenoxy) is 1. The molecule has 0 aliphatic carbocycles. The van der Waals surface area contributed by atoms with Crippen LogP contribution in [0.4, 0.5) is 11.5 Å². The number of hydrogen-bond donors (Lipinski definition) is 2. The summed E-state index contributed by atoms with van der Waals surface area (Å²) in [4.78, 5) is 24.9. The van der Waals surface area contributed by atoms with E-state index < -0.39 is 0 Å². The Morgan fingerprint density at radius 1 is 1.25 bits per heavy atom. The van der Waals surface area contributed by atoms with Crippen LogP contribution >= 0.6 is 23.2 Å². The van der Waals surface area contributed by atoms with Gasteiger partial charge in [0.15, 0.2) is 11.0 Å². The van der Waals surface area contributed by atoms with E-state index in [4.69, 9.17) is 32.8 Å². The first kappa shape index (κ1) is 18.3. The summed E-state index contributed by atoms with van der Waals surface area (Å²) in [6.07, 6.45) is 0. The van der Waals surface area contributed by atoms with E-state index in [9.17, 15) is 4.79 Å². The fourth-order valence-corrected chi connectivity index (χ4v) is 2.42. The largest absolute Gasteiger partial charge is 0.497 e. The average Bonchev–Trinajstić information content (AvgIpc) is 2.49. The van der Waals surface area contributed by atoms with Gasteiger partial charge in [-0.3, -0.25) is 9.63 Å². The Labute approximate surface area is 149 Å². The van der Waals surface area contributed by atoms with Crippen LogP contribution in [0, 0.1) is 6.92 Å². The number of aromatic nitrogens is 2. The summed E-state index contributed by atoms with van der Waals surface area (Å²) in [6, 6.07) is 5.24. The maximum Gasteiger partial charge on any atom is 0.221 e. The van der Waals surface area contributed by atoms with Gasteiger partial charge in [-0.2, -0.15) is 0 Å². The minimum atomic E-state index is -0.299. The molecule has 1 aromatic carbocycles.